The number of hydrogen-bond donors (Lipinski definition) is 2. The molecule has 192 valence electrons. The first-order valence-electron chi connectivity index (χ1n) is 10.9. The number of nitrogens with zero attached hydrogens (tertiary/aromatic N) is 4. The summed E-state index contributed by atoms with van der Waals surface area (Å²) in [6.07, 6.45) is -0.0170. The Bertz CT molecular complexity index is 1110. The van der Waals surface area contributed by atoms with Gasteiger partial charge in [0.15, 0.2) is 11.2 Å². The molecule has 14 heteroatoms. The van der Waals surface area contributed by atoms with Crippen molar-refractivity contribution in [2.45, 2.75) is 38.6 Å². The summed E-state index contributed by atoms with van der Waals surface area (Å²) in [5.41, 5.74) is -0.218. The van der Waals surface area contributed by atoms with E-state index in [4.69, 9.17) is 18.9 Å². The highest BCUT2D eigenvalue weighted by atomic mass is 16.6. The average molecular weight is 496 g/mol. The van der Waals surface area contributed by atoms with Gasteiger partial charge in [-0.25, -0.2) is 9.97 Å². The molecule has 3 unspecified atom stereocenters. The predicted molar refractivity (Wildman–Crippen MR) is 117 cm³/mol. The molecule has 3 heterocycles. The molecule has 0 saturated carbocycles. The second kappa shape index (κ2) is 11.9. The summed E-state index contributed by atoms with van der Waals surface area (Å²) < 4.78 is 24.1. The monoisotopic (exact) mass is 496 g/mol. The van der Waals surface area contributed by atoms with Gasteiger partial charge in [0.2, 0.25) is 0 Å². The Labute approximate surface area is 199 Å². The lowest BCUT2D eigenvalue weighted by molar-refractivity contribution is -0.147. The second-order valence-electron chi connectivity index (χ2n) is 8.06. The molecule has 0 aliphatic carbocycles. The van der Waals surface area contributed by atoms with Gasteiger partial charge in [-0.3, -0.25) is 28.3 Å². The normalized spacial score (nSPS) is 21.9. The van der Waals surface area contributed by atoms with E-state index in [9.17, 15) is 29.4 Å². The summed E-state index contributed by atoms with van der Waals surface area (Å²) in [4.78, 5) is 55.8. The highest BCUT2D eigenvalue weighted by Gasteiger charge is 2.48. The predicted octanol–water partition coefficient (Wildman–Crippen LogP) is -0.102. The Kier molecular flexibility index (Phi) is 8.89. The van der Waals surface area contributed by atoms with Crippen LogP contribution >= 0.6 is 0 Å². The summed E-state index contributed by atoms with van der Waals surface area (Å²) in [6, 6.07) is 0. The Hall–Kier alpha value is -3.36. The molecule has 2 aromatic rings. The maximum atomic E-state index is 12.9. The van der Waals surface area contributed by atoms with Gasteiger partial charge in [0, 0.05) is 25.9 Å². The fourth-order valence-electron chi connectivity index (χ4n) is 4.14. The maximum Gasteiger partial charge on any atom is 0.303 e. The summed E-state index contributed by atoms with van der Waals surface area (Å²) >= 11 is 0. The van der Waals surface area contributed by atoms with Gasteiger partial charge >= 0.3 is 17.9 Å². The van der Waals surface area contributed by atoms with E-state index in [2.05, 4.69) is 9.97 Å². The molecule has 1 aliphatic rings. The first kappa shape index (κ1) is 26.2. The molecule has 1 fully saturated rings. The lowest BCUT2D eigenvalue weighted by Crippen LogP contribution is -2.29. The number of imidazole rings is 1. The standard InChI is InChI=1S/C21H28N4O10/c1-12(26)34-9-15-13(7-16(27)28)14(8-17(29)30)21(35-15)25-11-22-18-19(25)23-10-24(20(18)31)3-4-33-6-5-32-2/h10-11,13-15,21H,3-9H2,1-2H3,(H,27,28)(H,29,30)/t13?,14?,15-,21?/m0/s1. The van der Waals surface area contributed by atoms with Crippen LogP contribution in [0.3, 0.4) is 0 Å². The van der Waals surface area contributed by atoms with Crippen molar-refractivity contribution in [1.29, 1.82) is 0 Å². The highest BCUT2D eigenvalue weighted by Crippen LogP contribution is 2.44. The number of ether oxygens (including phenoxy) is 4. The van der Waals surface area contributed by atoms with E-state index in [1.54, 1.807) is 7.11 Å². The zero-order valence-corrected chi connectivity index (χ0v) is 19.4. The van der Waals surface area contributed by atoms with Gasteiger partial charge in [-0.05, 0) is 0 Å². The van der Waals surface area contributed by atoms with E-state index in [0.717, 1.165) is 0 Å². The summed E-state index contributed by atoms with van der Waals surface area (Å²) in [7, 11) is 1.56. The maximum absolute atomic E-state index is 12.9. The molecule has 0 radical (unpaired) electrons. The molecule has 2 N–H and O–H groups in total. The van der Waals surface area contributed by atoms with Gasteiger partial charge in [0.1, 0.15) is 19.2 Å². The Morgan fingerprint density at radius 1 is 1.06 bits per heavy atom. The molecular formula is C21H28N4O10. The van der Waals surface area contributed by atoms with Gasteiger partial charge in [0.25, 0.3) is 5.56 Å². The smallest absolute Gasteiger partial charge is 0.303 e. The molecule has 0 aromatic carbocycles. The minimum atomic E-state index is -1.15. The number of rotatable bonds is 13. The molecule has 3 rings (SSSR count). The van der Waals surface area contributed by atoms with Crippen LogP contribution in [0.5, 0.6) is 0 Å². The van der Waals surface area contributed by atoms with E-state index >= 15 is 0 Å². The molecule has 1 aliphatic heterocycles. The van der Waals surface area contributed by atoms with Crippen LogP contribution in [0.1, 0.15) is 26.0 Å². The first-order chi connectivity index (χ1) is 16.7. The van der Waals surface area contributed by atoms with Crippen LogP contribution in [-0.4, -0.2) is 86.9 Å². The molecule has 4 atom stereocenters. The van der Waals surface area contributed by atoms with Crippen LogP contribution < -0.4 is 5.56 Å². The van der Waals surface area contributed by atoms with E-state index < -0.39 is 60.5 Å². The van der Waals surface area contributed by atoms with E-state index in [0.29, 0.717) is 13.2 Å². The lowest BCUT2D eigenvalue weighted by atomic mass is 9.84. The number of aliphatic carboxylic acids is 2. The van der Waals surface area contributed by atoms with Crippen molar-refractivity contribution in [3.8, 4) is 0 Å². The van der Waals surface area contributed by atoms with Gasteiger partial charge in [-0.2, -0.15) is 0 Å². The summed E-state index contributed by atoms with van der Waals surface area (Å²) in [5.74, 6) is -4.45. The lowest BCUT2D eigenvalue weighted by Gasteiger charge is -2.22. The SMILES string of the molecule is COCCOCCn1cnc2c(ncn2C2O[C@@H](COC(C)=O)C(CC(=O)O)C2CC(=O)O)c1=O. The number of aromatic nitrogens is 4. The van der Waals surface area contributed by atoms with Crippen molar-refractivity contribution in [3.63, 3.8) is 0 Å². The zero-order valence-electron chi connectivity index (χ0n) is 19.4. The van der Waals surface area contributed by atoms with Crippen molar-refractivity contribution in [3.05, 3.63) is 23.0 Å². The number of fused-ring (bicyclic) bond motifs is 1. The minimum absolute atomic E-state index is 0.0419. The number of carboxylic acids is 2. The van der Waals surface area contributed by atoms with Crippen molar-refractivity contribution < 1.29 is 43.5 Å². The van der Waals surface area contributed by atoms with Crippen LogP contribution in [0.4, 0.5) is 0 Å². The van der Waals surface area contributed by atoms with E-state index in [-0.39, 0.29) is 30.9 Å². The van der Waals surface area contributed by atoms with Gasteiger partial charge in [-0.1, -0.05) is 0 Å². The number of carbonyl (C=O) groups is 3. The molecule has 14 nitrogen and oxygen atoms in total. The number of methoxy groups -OCH3 is 1. The summed E-state index contributed by atoms with van der Waals surface area (Å²) in [6.45, 7) is 2.27. The van der Waals surface area contributed by atoms with Gasteiger partial charge in [0.05, 0.1) is 51.6 Å². The third-order valence-electron chi connectivity index (χ3n) is 5.71. The Balaban J connectivity index is 1.90. The van der Waals surface area contributed by atoms with Crippen molar-refractivity contribution in [2.24, 2.45) is 11.8 Å². The van der Waals surface area contributed by atoms with E-state index in [1.165, 1.54) is 28.7 Å². The zero-order chi connectivity index (χ0) is 25.5. The molecule has 0 spiro atoms. The van der Waals surface area contributed by atoms with E-state index in [1.807, 2.05) is 0 Å². The van der Waals surface area contributed by atoms with Crippen molar-refractivity contribution in [2.75, 3.05) is 33.5 Å². The average Bonchev–Trinajstić information content (AvgIpc) is 3.35. The molecule has 1 saturated heterocycles. The van der Waals surface area contributed by atoms with Crippen molar-refractivity contribution in [1.82, 2.24) is 19.1 Å². The van der Waals surface area contributed by atoms with Crippen molar-refractivity contribution >= 4 is 29.1 Å². The van der Waals surface area contributed by atoms with Crippen LogP contribution in [-0.2, 0) is 39.9 Å². The largest absolute Gasteiger partial charge is 0.481 e. The second-order valence-corrected chi connectivity index (χ2v) is 8.06. The molecule has 0 bridgehead atoms. The van der Waals surface area contributed by atoms with Crippen LogP contribution in [0, 0.1) is 11.8 Å². The first-order valence-corrected chi connectivity index (χ1v) is 10.9. The fraction of sp³-hybridized carbons (Fsp3) is 0.619. The number of carboxylic acid groups (broad SMARTS) is 2. The summed E-state index contributed by atoms with van der Waals surface area (Å²) in [5, 5.41) is 18.9. The Morgan fingerprint density at radius 3 is 2.43 bits per heavy atom. The number of esters is 1. The quantitative estimate of drug-likeness (QED) is 0.278. The third kappa shape index (κ3) is 6.41. The highest BCUT2D eigenvalue weighted by molar-refractivity contribution is 5.70. The fourth-order valence-corrected chi connectivity index (χ4v) is 4.14. The van der Waals surface area contributed by atoms with Crippen LogP contribution in [0.25, 0.3) is 11.2 Å². The molecule has 35 heavy (non-hydrogen) atoms. The minimum Gasteiger partial charge on any atom is -0.481 e. The number of carbonyl (C=O) groups excluding carboxylic acids is 1. The van der Waals surface area contributed by atoms with Gasteiger partial charge in [-0.15, -0.1) is 0 Å². The van der Waals surface area contributed by atoms with Crippen LogP contribution in [0.15, 0.2) is 17.4 Å². The molecule has 0 amide bonds. The Morgan fingerprint density at radius 2 is 1.77 bits per heavy atom. The molecule has 2 aromatic heterocycles. The molecular weight excluding hydrogens is 468 g/mol. The van der Waals surface area contributed by atoms with Gasteiger partial charge < -0.3 is 29.2 Å². The van der Waals surface area contributed by atoms with Crippen LogP contribution in [0.2, 0.25) is 0 Å². The number of hydrogen-bond acceptors (Lipinski definition) is 10. The topological polar surface area (TPSA) is 181 Å². The third-order valence-corrected chi connectivity index (χ3v) is 5.71.